The second kappa shape index (κ2) is 10.7. The van der Waals surface area contributed by atoms with Crippen molar-refractivity contribution < 1.29 is 28.7 Å². The first kappa shape index (κ1) is 26.7. The number of allylic oxidation sites excluding steroid dienone is 1. The normalized spacial score (nSPS) is 19.5. The molecule has 1 aliphatic carbocycles. The number of hydrogen-bond acceptors (Lipinski definition) is 9. The van der Waals surface area contributed by atoms with Crippen molar-refractivity contribution in [1.82, 2.24) is 4.90 Å². The highest BCUT2D eigenvalue weighted by molar-refractivity contribution is 6.24. The summed E-state index contributed by atoms with van der Waals surface area (Å²) in [5.41, 5.74) is 6.92. The zero-order valence-corrected chi connectivity index (χ0v) is 22.2. The topological polar surface area (TPSA) is 143 Å². The van der Waals surface area contributed by atoms with Gasteiger partial charge >= 0.3 is 11.9 Å². The van der Waals surface area contributed by atoms with Crippen LogP contribution in [0.5, 0.6) is 0 Å². The first-order chi connectivity index (χ1) is 19.3. The van der Waals surface area contributed by atoms with Gasteiger partial charge in [-0.2, -0.15) is 5.26 Å². The molecule has 2 aromatic carbocycles. The van der Waals surface area contributed by atoms with Gasteiger partial charge in [-0.15, -0.1) is 0 Å². The number of fused-ring (bicyclic) bond motifs is 1. The van der Waals surface area contributed by atoms with Crippen LogP contribution in [0.3, 0.4) is 0 Å². The quantitative estimate of drug-likeness (QED) is 0.445. The molecule has 10 heteroatoms. The van der Waals surface area contributed by atoms with Gasteiger partial charge in [0, 0.05) is 6.04 Å². The minimum atomic E-state index is -1.04. The number of methoxy groups -OCH3 is 2. The smallest absolute Gasteiger partial charge is 0.355 e. The molecule has 10 nitrogen and oxygen atoms in total. The van der Waals surface area contributed by atoms with Crippen molar-refractivity contribution in [2.45, 2.75) is 44.1 Å². The summed E-state index contributed by atoms with van der Waals surface area (Å²) in [4.78, 5) is 56.5. The number of rotatable bonds is 5. The molecule has 2 amide bonds. The summed E-state index contributed by atoms with van der Waals surface area (Å²) in [5, 5.41) is 10.3. The lowest BCUT2D eigenvalue weighted by Gasteiger charge is -2.36. The SMILES string of the molecule is COC(=O)C1=C(C(=O)OC)N(c2cccc3c2C(=O)N(C2CCCCC2)C3=O)C(N)=C(C#N)C1c1ccccc1. The number of nitrogens with zero attached hydrogens (tertiary/aromatic N) is 3. The molecule has 0 spiro atoms. The predicted molar refractivity (Wildman–Crippen MR) is 143 cm³/mol. The van der Waals surface area contributed by atoms with E-state index in [2.05, 4.69) is 6.07 Å². The van der Waals surface area contributed by atoms with Gasteiger partial charge in [-0.1, -0.05) is 55.7 Å². The fourth-order valence-corrected chi connectivity index (χ4v) is 5.91. The summed E-state index contributed by atoms with van der Waals surface area (Å²) < 4.78 is 10.2. The number of nitrogens with two attached hydrogens (primary N) is 1. The standard InChI is InChI=1S/C30H28N4O6/c1-39-29(37)24-22(17-10-5-3-6-11-17)20(16-31)26(32)34(25(24)30(38)40-2)21-15-9-14-19-23(21)28(36)33(27(19)35)18-12-7-4-8-13-18/h3,5-6,9-11,14-15,18,22H,4,7-8,12-13,32H2,1-2H3. The molecule has 0 radical (unpaired) electrons. The second-order valence-electron chi connectivity index (χ2n) is 9.81. The van der Waals surface area contributed by atoms with Crippen LogP contribution in [0.2, 0.25) is 0 Å². The zero-order chi connectivity index (χ0) is 28.6. The number of carbonyl (C=O) groups is 4. The number of carbonyl (C=O) groups excluding carboxylic acids is 4. The van der Waals surface area contributed by atoms with E-state index in [0.717, 1.165) is 33.5 Å². The number of benzene rings is 2. The third kappa shape index (κ3) is 4.11. The second-order valence-corrected chi connectivity index (χ2v) is 9.81. The highest BCUT2D eigenvalue weighted by Gasteiger charge is 2.47. The van der Waals surface area contributed by atoms with Gasteiger partial charge in [-0.3, -0.25) is 19.4 Å². The summed E-state index contributed by atoms with van der Waals surface area (Å²) in [6.07, 6.45) is 4.30. The number of hydrogen-bond donors (Lipinski definition) is 1. The van der Waals surface area contributed by atoms with Gasteiger partial charge in [-0.05, 0) is 30.5 Å². The highest BCUT2D eigenvalue weighted by Crippen LogP contribution is 2.45. The van der Waals surface area contributed by atoms with Gasteiger partial charge < -0.3 is 15.2 Å². The van der Waals surface area contributed by atoms with Gasteiger partial charge in [0.15, 0.2) is 0 Å². The zero-order valence-electron chi connectivity index (χ0n) is 22.2. The molecule has 204 valence electrons. The lowest BCUT2D eigenvalue weighted by atomic mass is 9.80. The summed E-state index contributed by atoms with van der Waals surface area (Å²) in [6, 6.07) is 15.1. The average molecular weight is 541 g/mol. The number of amides is 2. The Morgan fingerprint density at radius 3 is 2.23 bits per heavy atom. The van der Waals surface area contributed by atoms with Crippen LogP contribution >= 0.6 is 0 Å². The molecule has 2 N–H and O–H groups in total. The maximum atomic E-state index is 13.9. The van der Waals surface area contributed by atoms with E-state index in [1.807, 2.05) is 0 Å². The van der Waals surface area contributed by atoms with Crippen molar-refractivity contribution in [3.8, 4) is 6.07 Å². The minimum absolute atomic E-state index is 0.0298. The Labute approximate surface area is 231 Å². The first-order valence-corrected chi connectivity index (χ1v) is 13.0. The van der Waals surface area contributed by atoms with E-state index in [9.17, 15) is 24.4 Å². The summed E-state index contributed by atoms with van der Waals surface area (Å²) in [6.45, 7) is 0. The van der Waals surface area contributed by atoms with Crippen LogP contribution in [0, 0.1) is 11.3 Å². The molecule has 2 aromatic rings. The third-order valence-electron chi connectivity index (χ3n) is 7.72. The van der Waals surface area contributed by atoms with Crippen molar-refractivity contribution in [3.63, 3.8) is 0 Å². The molecule has 5 rings (SSSR count). The van der Waals surface area contributed by atoms with E-state index in [1.54, 1.807) is 42.5 Å². The Kier molecular flexibility index (Phi) is 7.13. The Bertz CT molecular complexity index is 1510. The third-order valence-corrected chi connectivity index (χ3v) is 7.72. The lowest BCUT2D eigenvalue weighted by molar-refractivity contribution is -0.139. The maximum Gasteiger partial charge on any atom is 0.355 e. The molecule has 2 heterocycles. The van der Waals surface area contributed by atoms with Gasteiger partial charge in [0.05, 0.1) is 54.2 Å². The van der Waals surface area contributed by atoms with E-state index >= 15 is 0 Å². The van der Waals surface area contributed by atoms with Crippen LogP contribution in [0.1, 0.15) is 64.3 Å². The van der Waals surface area contributed by atoms with Crippen LogP contribution < -0.4 is 10.6 Å². The van der Waals surface area contributed by atoms with Gasteiger partial charge in [-0.25, -0.2) is 9.59 Å². The van der Waals surface area contributed by atoms with Crippen molar-refractivity contribution in [1.29, 1.82) is 5.26 Å². The van der Waals surface area contributed by atoms with Gasteiger partial charge in [0.2, 0.25) is 0 Å². The lowest BCUT2D eigenvalue weighted by Crippen LogP contribution is -2.42. The predicted octanol–water partition coefficient (Wildman–Crippen LogP) is 3.51. The van der Waals surface area contributed by atoms with Crippen LogP contribution in [0.4, 0.5) is 5.69 Å². The summed E-state index contributed by atoms with van der Waals surface area (Å²) in [5.74, 6) is -3.96. The van der Waals surface area contributed by atoms with E-state index in [4.69, 9.17) is 15.2 Å². The van der Waals surface area contributed by atoms with Crippen LogP contribution in [0.15, 0.2) is 71.2 Å². The average Bonchev–Trinajstić information content (AvgIpc) is 3.25. The van der Waals surface area contributed by atoms with E-state index < -0.39 is 29.7 Å². The molecule has 2 aliphatic heterocycles. The molecule has 1 fully saturated rings. The van der Waals surface area contributed by atoms with Crippen molar-refractivity contribution in [2.75, 3.05) is 19.1 Å². The Morgan fingerprint density at radius 2 is 1.60 bits per heavy atom. The van der Waals surface area contributed by atoms with E-state index in [1.165, 1.54) is 15.9 Å². The number of esters is 2. The first-order valence-electron chi connectivity index (χ1n) is 13.0. The molecular weight excluding hydrogens is 512 g/mol. The monoisotopic (exact) mass is 540 g/mol. The Balaban J connectivity index is 1.77. The Hall–Kier alpha value is -4.91. The fourth-order valence-electron chi connectivity index (χ4n) is 5.91. The molecule has 0 saturated heterocycles. The molecule has 1 unspecified atom stereocenters. The van der Waals surface area contributed by atoms with Crippen molar-refractivity contribution in [2.24, 2.45) is 5.73 Å². The maximum absolute atomic E-state index is 13.9. The van der Waals surface area contributed by atoms with Crippen LogP contribution in [-0.2, 0) is 19.1 Å². The summed E-state index contributed by atoms with van der Waals surface area (Å²) in [7, 11) is 2.31. The van der Waals surface area contributed by atoms with Crippen molar-refractivity contribution in [3.05, 3.63) is 87.9 Å². The molecule has 3 aliphatic rings. The molecule has 0 bridgehead atoms. The summed E-state index contributed by atoms with van der Waals surface area (Å²) >= 11 is 0. The van der Waals surface area contributed by atoms with Crippen LogP contribution in [0.25, 0.3) is 0 Å². The highest BCUT2D eigenvalue weighted by atomic mass is 16.5. The molecule has 40 heavy (non-hydrogen) atoms. The Morgan fingerprint density at radius 1 is 0.925 bits per heavy atom. The van der Waals surface area contributed by atoms with Crippen LogP contribution in [-0.4, -0.2) is 48.9 Å². The van der Waals surface area contributed by atoms with E-state index in [-0.39, 0.29) is 45.5 Å². The number of anilines is 1. The molecule has 0 aromatic heterocycles. The fraction of sp³-hybridized carbons (Fsp3) is 0.300. The van der Waals surface area contributed by atoms with E-state index in [0.29, 0.717) is 18.4 Å². The minimum Gasteiger partial charge on any atom is -0.466 e. The van der Waals surface area contributed by atoms with Gasteiger partial charge in [0.1, 0.15) is 11.5 Å². The number of imide groups is 1. The van der Waals surface area contributed by atoms with Gasteiger partial charge in [0.25, 0.3) is 11.8 Å². The molecule has 1 saturated carbocycles. The largest absolute Gasteiger partial charge is 0.466 e. The number of ether oxygens (including phenoxy) is 2. The molecule has 1 atom stereocenters. The molecular formula is C30H28N4O6. The number of nitriles is 1. The van der Waals surface area contributed by atoms with Crippen molar-refractivity contribution >= 4 is 29.4 Å².